The van der Waals surface area contributed by atoms with Gasteiger partial charge in [-0.15, -0.1) is 21.5 Å². The zero-order valence-corrected chi connectivity index (χ0v) is 21.2. The number of carbonyl (C=O) groups excluding carboxylic acids is 3. The number of aromatic nitrogens is 3. The van der Waals surface area contributed by atoms with E-state index in [4.69, 9.17) is 9.15 Å². The lowest BCUT2D eigenvalue weighted by atomic mass is 10.1. The predicted octanol–water partition coefficient (Wildman–Crippen LogP) is 3.58. The number of amides is 2. The Bertz CT molecular complexity index is 1200. The number of ether oxygens (including phenoxy) is 1. The maximum absolute atomic E-state index is 12.8. The summed E-state index contributed by atoms with van der Waals surface area (Å²) in [4.78, 5) is 38.6. The summed E-state index contributed by atoms with van der Waals surface area (Å²) in [6, 6.07) is 3.21. The van der Waals surface area contributed by atoms with E-state index in [9.17, 15) is 14.4 Å². The Morgan fingerprint density at radius 2 is 2.06 bits per heavy atom. The fourth-order valence-corrected chi connectivity index (χ4v) is 5.85. The van der Waals surface area contributed by atoms with E-state index in [1.165, 1.54) is 29.4 Å². The SMILES string of the molecule is CCOC(=O)c1c(NC(=O)CSc2nnc(CNC(=O)c3ccco3)n2C)sc2c1CCCCC2. The lowest BCUT2D eigenvalue weighted by Crippen LogP contribution is -2.24. The molecule has 0 atom stereocenters. The minimum absolute atomic E-state index is 0.0928. The number of nitrogens with one attached hydrogen (secondary N) is 2. The molecule has 0 spiro atoms. The van der Waals surface area contributed by atoms with Crippen LogP contribution >= 0.6 is 23.1 Å². The number of nitrogens with zero attached hydrogens (tertiary/aromatic N) is 3. The fourth-order valence-electron chi connectivity index (χ4n) is 3.82. The monoisotopic (exact) mass is 517 g/mol. The summed E-state index contributed by atoms with van der Waals surface area (Å²) >= 11 is 2.70. The fraction of sp³-hybridized carbons (Fsp3) is 0.435. The molecule has 3 heterocycles. The first-order valence-corrected chi connectivity index (χ1v) is 13.2. The Hall–Kier alpha value is -3.12. The van der Waals surface area contributed by atoms with Crippen LogP contribution < -0.4 is 10.6 Å². The Morgan fingerprint density at radius 3 is 2.83 bits per heavy atom. The highest BCUT2D eigenvalue weighted by Crippen LogP contribution is 2.38. The van der Waals surface area contributed by atoms with E-state index in [0.29, 0.717) is 21.5 Å². The van der Waals surface area contributed by atoms with Crippen molar-refractivity contribution >= 4 is 45.9 Å². The second-order valence-corrected chi connectivity index (χ2v) is 9.99. The molecule has 2 amide bonds. The third kappa shape index (κ3) is 5.93. The number of esters is 1. The number of thioether (sulfide) groups is 1. The topological polar surface area (TPSA) is 128 Å². The molecule has 1 aliphatic rings. The number of anilines is 1. The van der Waals surface area contributed by atoms with Gasteiger partial charge in [0.2, 0.25) is 5.91 Å². The van der Waals surface area contributed by atoms with E-state index in [0.717, 1.165) is 42.5 Å². The van der Waals surface area contributed by atoms with Crippen LogP contribution in [-0.4, -0.2) is 44.9 Å². The summed E-state index contributed by atoms with van der Waals surface area (Å²) in [5.74, 6) is -0.128. The van der Waals surface area contributed by atoms with Gasteiger partial charge in [-0.3, -0.25) is 9.59 Å². The molecule has 2 N–H and O–H groups in total. The van der Waals surface area contributed by atoms with Gasteiger partial charge >= 0.3 is 5.97 Å². The predicted molar refractivity (Wildman–Crippen MR) is 132 cm³/mol. The number of fused-ring (bicyclic) bond motifs is 1. The summed E-state index contributed by atoms with van der Waals surface area (Å²) in [5, 5.41) is 14.9. The molecule has 0 fully saturated rings. The first kappa shape index (κ1) is 25.0. The minimum atomic E-state index is -0.385. The van der Waals surface area contributed by atoms with Gasteiger partial charge in [0, 0.05) is 11.9 Å². The van der Waals surface area contributed by atoms with Gasteiger partial charge in [0.25, 0.3) is 5.91 Å². The van der Waals surface area contributed by atoms with Crippen LogP contribution in [0.15, 0.2) is 28.0 Å². The second kappa shape index (κ2) is 11.5. The van der Waals surface area contributed by atoms with Gasteiger partial charge in [-0.05, 0) is 50.3 Å². The average molecular weight is 518 g/mol. The van der Waals surface area contributed by atoms with E-state index in [1.807, 2.05) is 0 Å². The highest BCUT2D eigenvalue weighted by molar-refractivity contribution is 7.99. The van der Waals surface area contributed by atoms with Gasteiger partial charge in [0.15, 0.2) is 16.7 Å². The molecule has 0 saturated heterocycles. The van der Waals surface area contributed by atoms with Gasteiger partial charge < -0.3 is 24.4 Å². The largest absolute Gasteiger partial charge is 0.462 e. The van der Waals surface area contributed by atoms with E-state index in [2.05, 4.69) is 20.8 Å². The van der Waals surface area contributed by atoms with Crippen molar-refractivity contribution in [3.8, 4) is 0 Å². The van der Waals surface area contributed by atoms with E-state index < -0.39 is 0 Å². The molecule has 4 rings (SSSR count). The number of hydrogen-bond donors (Lipinski definition) is 2. The maximum atomic E-state index is 12.8. The standard InChI is InChI=1S/C23H27N5O5S2/c1-3-32-22(31)19-14-8-5-4-6-10-16(14)35-21(19)25-18(29)13-34-23-27-26-17(28(23)2)12-24-20(30)15-9-7-11-33-15/h7,9,11H,3-6,8,10,12-13H2,1-2H3,(H,24,30)(H,25,29). The Labute approximate surface area is 210 Å². The van der Waals surface area contributed by atoms with Crippen molar-refractivity contribution in [2.75, 3.05) is 17.7 Å². The van der Waals surface area contributed by atoms with Gasteiger partial charge in [0.1, 0.15) is 5.00 Å². The third-order valence-corrected chi connectivity index (χ3v) is 7.79. The normalized spacial score (nSPS) is 13.1. The van der Waals surface area contributed by atoms with Crippen molar-refractivity contribution in [1.82, 2.24) is 20.1 Å². The summed E-state index contributed by atoms with van der Waals surface area (Å²) in [6.07, 6.45) is 6.40. The lowest BCUT2D eigenvalue weighted by Gasteiger charge is -2.08. The van der Waals surface area contributed by atoms with Crippen LogP contribution in [0.25, 0.3) is 0 Å². The summed E-state index contributed by atoms with van der Waals surface area (Å²) in [5.41, 5.74) is 1.52. The van der Waals surface area contributed by atoms with Gasteiger partial charge in [-0.25, -0.2) is 4.79 Å². The van der Waals surface area contributed by atoms with E-state index in [1.54, 1.807) is 30.7 Å². The van der Waals surface area contributed by atoms with Crippen molar-refractivity contribution < 1.29 is 23.5 Å². The number of thiophene rings is 1. The van der Waals surface area contributed by atoms with Gasteiger partial charge in [0.05, 0.1) is 30.7 Å². The molecule has 0 bridgehead atoms. The smallest absolute Gasteiger partial charge is 0.341 e. The van der Waals surface area contributed by atoms with Crippen LogP contribution in [0.4, 0.5) is 5.00 Å². The van der Waals surface area contributed by atoms with Crippen LogP contribution in [0, 0.1) is 0 Å². The molecule has 0 unspecified atom stereocenters. The molecule has 35 heavy (non-hydrogen) atoms. The highest BCUT2D eigenvalue weighted by atomic mass is 32.2. The minimum Gasteiger partial charge on any atom is -0.462 e. The van der Waals surface area contributed by atoms with Crippen molar-refractivity contribution in [3.63, 3.8) is 0 Å². The average Bonchev–Trinajstić information content (AvgIpc) is 3.53. The first-order valence-electron chi connectivity index (χ1n) is 11.4. The molecule has 0 saturated carbocycles. The lowest BCUT2D eigenvalue weighted by molar-refractivity contribution is -0.113. The van der Waals surface area contributed by atoms with Crippen molar-refractivity contribution in [2.24, 2.45) is 7.05 Å². The zero-order valence-electron chi connectivity index (χ0n) is 19.6. The molecule has 186 valence electrons. The molecular weight excluding hydrogens is 490 g/mol. The molecule has 0 radical (unpaired) electrons. The van der Waals surface area contributed by atoms with Crippen LogP contribution in [0.1, 0.15) is 63.4 Å². The highest BCUT2D eigenvalue weighted by Gasteiger charge is 2.26. The van der Waals surface area contributed by atoms with Crippen LogP contribution in [-0.2, 0) is 36.0 Å². The summed E-state index contributed by atoms with van der Waals surface area (Å²) in [7, 11) is 1.77. The Balaban J connectivity index is 1.37. The number of hydrogen-bond acceptors (Lipinski definition) is 9. The zero-order chi connectivity index (χ0) is 24.8. The number of furan rings is 1. The quantitative estimate of drug-likeness (QED) is 0.250. The summed E-state index contributed by atoms with van der Waals surface area (Å²) < 4.78 is 12.1. The van der Waals surface area contributed by atoms with Gasteiger partial charge in [-0.2, -0.15) is 0 Å². The van der Waals surface area contributed by atoms with Gasteiger partial charge in [-0.1, -0.05) is 18.2 Å². The molecular formula is C23H27N5O5S2. The molecule has 10 nitrogen and oxygen atoms in total. The Morgan fingerprint density at radius 1 is 1.23 bits per heavy atom. The molecule has 12 heteroatoms. The molecule has 3 aromatic rings. The summed E-state index contributed by atoms with van der Waals surface area (Å²) in [6.45, 7) is 2.22. The van der Waals surface area contributed by atoms with Crippen LogP contribution in [0.3, 0.4) is 0 Å². The van der Waals surface area contributed by atoms with E-state index >= 15 is 0 Å². The third-order valence-electron chi connectivity index (χ3n) is 5.56. The number of carbonyl (C=O) groups is 3. The molecule has 0 aliphatic heterocycles. The van der Waals surface area contributed by atoms with Crippen LogP contribution in [0.2, 0.25) is 0 Å². The maximum Gasteiger partial charge on any atom is 0.341 e. The van der Waals surface area contributed by atoms with E-state index in [-0.39, 0.29) is 42.4 Å². The number of rotatable bonds is 9. The van der Waals surface area contributed by atoms with Crippen molar-refractivity contribution in [1.29, 1.82) is 0 Å². The molecule has 0 aromatic carbocycles. The first-order chi connectivity index (χ1) is 17.0. The van der Waals surface area contributed by atoms with Crippen LogP contribution in [0.5, 0.6) is 0 Å². The van der Waals surface area contributed by atoms with Crippen molar-refractivity contribution in [2.45, 2.75) is 50.7 Å². The van der Waals surface area contributed by atoms with Crippen molar-refractivity contribution in [3.05, 3.63) is 46.0 Å². The number of aryl methyl sites for hydroxylation is 1. The second-order valence-electron chi connectivity index (χ2n) is 7.94. The Kier molecular flexibility index (Phi) is 8.24. The molecule has 3 aromatic heterocycles. The molecule has 1 aliphatic carbocycles.